The second kappa shape index (κ2) is 3.99. The van der Waals surface area contributed by atoms with Gasteiger partial charge in [0.2, 0.25) is 0 Å². The minimum Gasteiger partial charge on any atom is -0.478 e. The maximum absolute atomic E-state index is 13.0. The molecule has 16 heavy (non-hydrogen) atoms. The summed E-state index contributed by atoms with van der Waals surface area (Å²) in [6, 6.07) is 3.70. The van der Waals surface area contributed by atoms with Crippen molar-refractivity contribution in [1.29, 1.82) is 0 Å². The van der Waals surface area contributed by atoms with Crippen LogP contribution in [0.4, 0.5) is 4.39 Å². The maximum Gasteiger partial charge on any atom is 0.337 e. The van der Waals surface area contributed by atoms with Crippen LogP contribution in [-0.4, -0.2) is 16.1 Å². The fraction of sp³-hybridized carbons (Fsp3) is 0. The number of aromatic carboxylic acids is 1. The van der Waals surface area contributed by atoms with E-state index in [1.54, 1.807) is 0 Å². The van der Waals surface area contributed by atoms with E-state index in [1.165, 1.54) is 12.1 Å². The molecule has 0 saturated carbocycles. The summed E-state index contributed by atoms with van der Waals surface area (Å²) in [6.45, 7) is 0. The zero-order valence-electron chi connectivity index (χ0n) is 7.67. The lowest BCUT2D eigenvalue weighted by atomic mass is 10.1. The molecule has 1 aromatic carbocycles. The van der Waals surface area contributed by atoms with Gasteiger partial charge in [0, 0.05) is 5.39 Å². The highest BCUT2D eigenvalue weighted by Gasteiger charge is 2.17. The Morgan fingerprint density at radius 3 is 2.81 bits per heavy atom. The van der Waals surface area contributed by atoms with E-state index >= 15 is 0 Å². The number of halogens is 3. The quantitative estimate of drug-likeness (QED) is 0.821. The molecule has 0 aliphatic carbocycles. The van der Waals surface area contributed by atoms with Gasteiger partial charge in [-0.25, -0.2) is 14.2 Å². The molecule has 3 nitrogen and oxygen atoms in total. The first kappa shape index (κ1) is 11.3. The standard InChI is InChI=1S/C10H4BrClFNO2/c11-8-7(10(15)16)5-3-4(13)1-2-6(5)14-9(8)12/h1-3H,(H,15,16). The van der Waals surface area contributed by atoms with Crippen molar-refractivity contribution < 1.29 is 14.3 Å². The summed E-state index contributed by atoms with van der Waals surface area (Å²) in [5, 5.41) is 9.29. The highest BCUT2D eigenvalue weighted by atomic mass is 79.9. The first-order valence-electron chi connectivity index (χ1n) is 4.18. The van der Waals surface area contributed by atoms with Crippen LogP contribution in [0.15, 0.2) is 22.7 Å². The molecule has 0 aliphatic heterocycles. The third-order valence-electron chi connectivity index (χ3n) is 2.06. The molecule has 82 valence electrons. The normalized spacial score (nSPS) is 10.7. The molecule has 0 spiro atoms. The van der Waals surface area contributed by atoms with Crippen LogP contribution < -0.4 is 0 Å². The molecule has 2 aromatic rings. The van der Waals surface area contributed by atoms with Gasteiger partial charge in [-0.3, -0.25) is 0 Å². The van der Waals surface area contributed by atoms with E-state index < -0.39 is 11.8 Å². The Hall–Kier alpha value is -1.20. The first-order chi connectivity index (χ1) is 7.50. The van der Waals surface area contributed by atoms with Gasteiger partial charge < -0.3 is 5.11 Å². The summed E-state index contributed by atoms with van der Waals surface area (Å²) in [5.41, 5.74) is 0.251. The van der Waals surface area contributed by atoms with E-state index in [-0.39, 0.29) is 20.6 Å². The van der Waals surface area contributed by atoms with Gasteiger partial charge in [-0.15, -0.1) is 0 Å². The molecule has 0 atom stereocenters. The zero-order valence-corrected chi connectivity index (χ0v) is 10.0. The number of hydrogen-bond acceptors (Lipinski definition) is 2. The fourth-order valence-electron chi connectivity index (χ4n) is 1.39. The first-order valence-corrected chi connectivity index (χ1v) is 5.35. The van der Waals surface area contributed by atoms with Crippen molar-refractivity contribution in [3.05, 3.63) is 39.2 Å². The van der Waals surface area contributed by atoms with Crippen molar-refractivity contribution in [2.45, 2.75) is 0 Å². The number of pyridine rings is 1. The number of benzene rings is 1. The van der Waals surface area contributed by atoms with Gasteiger partial charge in [0.25, 0.3) is 0 Å². The van der Waals surface area contributed by atoms with Crippen molar-refractivity contribution in [3.63, 3.8) is 0 Å². The summed E-state index contributed by atoms with van der Waals surface area (Å²) in [5.74, 6) is -1.71. The molecule has 0 bridgehead atoms. The minimum absolute atomic E-state index is 0.0384. The van der Waals surface area contributed by atoms with Gasteiger partial charge in [0.1, 0.15) is 11.0 Å². The number of hydrogen-bond donors (Lipinski definition) is 1. The summed E-state index contributed by atoms with van der Waals surface area (Å²) in [4.78, 5) is 15.0. The number of rotatable bonds is 1. The second-order valence-electron chi connectivity index (χ2n) is 3.06. The summed E-state index contributed by atoms with van der Waals surface area (Å²) < 4.78 is 13.2. The number of fused-ring (bicyclic) bond motifs is 1. The largest absolute Gasteiger partial charge is 0.478 e. The van der Waals surface area contributed by atoms with Crippen LogP contribution in [0.1, 0.15) is 10.4 Å². The van der Waals surface area contributed by atoms with Crippen LogP contribution in [0, 0.1) is 5.82 Å². The van der Waals surface area contributed by atoms with Crippen LogP contribution in [0.2, 0.25) is 5.15 Å². The van der Waals surface area contributed by atoms with Crippen molar-refractivity contribution in [2.24, 2.45) is 0 Å². The summed E-state index contributed by atoms with van der Waals surface area (Å²) in [7, 11) is 0. The van der Waals surface area contributed by atoms with E-state index in [9.17, 15) is 9.18 Å². The second-order valence-corrected chi connectivity index (χ2v) is 4.21. The van der Waals surface area contributed by atoms with Gasteiger partial charge >= 0.3 is 5.97 Å². The average molecular weight is 305 g/mol. The number of carboxylic acids is 1. The van der Waals surface area contributed by atoms with Crippen molar-refractivity contribution in [2.75, 3.05) is 0 Å². The average Bonchev–Trinajstić information content (AvgIpc) is 2.20. The van der Waals surface area contributed by atoms with Gasteiger partial charge in [-0.05, 0) is 34.1 Å². The van der Waals surface area contributed by atoms with E-state index in [1.807, 2.05) is 0 Å². The van der Waals surface area contributed by atoms with Crippen LogP contribution in [0.25, 0.3) is 10.9 Å². The van der Waals surface area contributed by atoms with Crippen LogP contribution >= 0.6 is 27.5 Å². The number of carbonyl (C=O) groups is 1. The Balaban J connectivity index is 2.96. The Bertz CT molecular complexity index is 603. The predicted octanol–water partition coefficient (Wildman–Crippen LogP) is 3.49. The predicted molar refractivity (Wildman–Crippen MR) is 61.4 cm³/mol. The van der Waals surface area contributed by atoms with E-state index in [0.717, 1.165) is 6.07 Å². The summed E-state index contributed by atoms with van der Waals surface area (Å²) >= 11 is 8.79. The third kappa shape index (κ3) is 1.76. The molecule has 0 aliphatic rings. The van der Waals surface area contributed by atoms with Gasteiger partial charge in [0.05, 0.1) is 15.6 Å². The summed E-state index contributed by atoms with van der Waals surface area (Å²) in [6.07, 6.45) is 0. The molecular weight excluding hydrogens is 300 g/mol. The highest BCUT2D eigenvalue weighted by Crippen LogP contribution is 2.31. The lowest BCUT2D eigenvalue weighted by Gasteiger charge is -2.06. The van der Waals surface area contributed by atoms with Crippen molar-refractivity contribution >= 4 is 44.4 Å². The highest BCUT2D eigenvalue weighted by molar-refractivity contribution is 9.10. The number of aromatic nitrogens is 1. The van der Waals surface area contributed by atoms with Gasteiger partial charge in [-0.1, -0.05) is 11.6 Å². The van der Waals surface area contributed by atoms with Crippen LogP contribution in [0.3, 0.4) is 0 Å². The fourth-order valence-corrected chi connectivity index (χ4v) is 2.05. The van der Waals surface area contributed by atoms with E-state index in [2.05, 4.69) is 20.9 Å². The number of carboxylic acid groups (broad SMARTS) is 1. The Labute approximate surface area is 103 Å². The third-order valence-corrected chi connectivity index (χ3v) is 3.33. The molecule has 1 aromatic heterocycles. The molecule has 0 radical (unpaired) electrons. The molecule has 0 unspecified atom stereocenters. The minimum atomic E-state index is -1.19. The monoisotopic (exact) mass is 303 g/mol. The van der Waals surface area contributed by atoms with Crippen molar-refractivity contribution in [1.82, 2.24) is 4.98 Å². The zero-order chi connectivity index (χ0) is 11.9. The van der Waals surface area contributed by atoms with Crippen LogP contribution in [-0.2, 0) is 0 Å². The van der Waals surface area contributed by atoms with Gasteiger partial charge in [0.15, 0.2) is 0 Å². The van der Waals surface area contributed by atoms with Gasteiger partial charge in [-0.2, -0.15) is 0 Å². The number of nitrogens with zero attached hydrogens (tertiary/aromatic N) is 1. The molecule has 1 heterocycles. The Morgan fingerprint density at radius 1 is 1.50 bits per heavy atom. The Kier molecular flexibility index (Phi) is 2.82. The SMILES string of the molecule is O=C(O)c1c(Br)c(Cl)nc2ccc(F)cc12. The maximum atomic E-state index is 13.0. The molecule has 0 fully saturated rings. The molecule has 2 rings (SSSR count). The molecular formula is C10H4BrClFNO2. The molecule has 6 heteroatoms. The smallest absolute Gasteiger partial charge is 0.337 e. The topological polar surface area (TPSA) is 50.2 Å². The lowest BCUT2D eigenvalue weighted by molar-refractivity contribution is 0.0698. The van der Waals surface area contributed by atoms with Crippen LogP contribution in [0.5, 0.6) is 0 Å². The molecule has 0 amide bonds. The molecule has 1 N–H and O–H groups in total. The lowest BCUT2D eigenvalue weighted by Crippen LogP contribution is -2.01. The Morgan fingerprint density at radius 2 is 2.19 bits per heavy atom. The van der Waals surface area contributed by atoms with E-state index in [0.29, 0.717) is 5.52 Å². The molecule has 0 saturated heterocycles. The van der Waals surface area contributed by atoms with Crippen molar-refractivity contribution in [3.8, 4) is 0 Å². The van der Waals surface area contributed by atoms with E-state index in [4.69, 9.17) is 16.7 Å².